The minimum atomic E-state index is -5.82. The van der Waals surface area contributed by atoms with Gasteiger partial charge in [-0.05, 0) is 72.8 Å². The highest BCUT2D eigenvalue weighted by Gasteiger charge is 2.32. The van der Waals surface area contributed by atoms with Gasteiger partial charge in [-0.3, -0.25) is 42.0 Å². The molecule has 48 heteroatoms. The van der Waals surface area contributed by atoms with E-state index in [1.165, 1.54) is 0 Å². The van der Waals surface area contributed by atoms with Crippen molar-refractivity contribution in [1.82, 2.24) is 9.78 Å². The summed E-state index contributed by atoms with van der Waals surface area (Å²) >= 11 is 6.28. The van der Waals surface area contributed by atoms with Crippen molar-refractivity contribution in [3.05, 3.63) is 106 Å². The average Bonchev–Trinajstić information content (AvgIpc) is 0.898. The van der Waals surface area contributed by atoms with E-state index in [0.29, 0.717) is 47.1 Å². The lowest BCUT2D eigenvalue weighted by Gasteiger charge is -2.15. The summed E-state index contributed by atoms with van der Waals surface area (Å²) < 4.78 is 246. The standard InChI is InChI=1S/C42H27ClN12O28S7/c43-22-9-15(10-28(87(72,73)74)33(22)49-52-36-37(42(59)60)53-54(41(36)58)16-1-4-18(5-2-16)84(63,64)65)45-50-34-29(88(75,76)77)12-20-19(38(34)56)6-8-24(40(20)90(81,82)83)47-48-25-14-26(85(66,67)68)21-13-30(89(78,79)80)35(39(57)31(21)32(25)44)51-46-23-7-3-17(55(61)62)11-27(23)86(69,70)71/h1-14,56-58H,44H2,(H,59,60)(H,63,64,65)(H,66,67,68)(H,69,70,71)(H,72,73,74)(H,75,76,77)(H,78,79,80)(H,81,82,83)/b48-47?,50-45-,51-46-,52-49+. The Morgan fingerprint density at radius 1 is 0.500 bits per heavy atom. The summed E-state index contributed by atoms with van der Waals surface area (Å²) in [6.07, 6.45) is 0. The number of fused-ring (bicyclic) bond motifs is 2. The molecule has 40 nitrogen and oxygen atoms in total. The van der Waals surface area contributed by atoms with Crippen LogP contribution in [0.1, 0.15) is 10.5 Å². The summed E-state index contributed by atoms with van der Waals surface area (Å²) in [5.74, 6) is -6.03. The zero-order valence-electron chi connectivity index (χ0n) is 42.7. The largest absolute Gasteiger partial charge is 0.505 e. The highest BCUT2D eigenvalue weighted by atomic mass is 35.5. The molecule has 0 aliphatic carbocycles. The highest BCUT2D eigenvalue weighted by Crippen LogP contribution is 2.51. The molecule has 1 aromatic heterocycles. The van der Waals surface area contributed by atoms with Crippen molar-refractivity contribution in [1.29, 1.82) is 0 Å². The highest BCUT2D eigenvalue weighted by molar-refractivity contribution is 7.87. The van der Waals surface area contributed by atoms with Crippen LogP contribution in [-0.2, 0) is 70.8 Å². The first-order chi connectivity index (χ1) is 41.3. The Kier molecular flexibility index (Phi) is 17.0. The summed E-state index contributed by atoms with van der Waals surface area (Å²) in [5.41, 5.74) is -5.74. The van der Waals surface area contributed by atoms with E-state index in [2.05, 4.69) is 46.0 Å². The van der Waals surface area contributed by atoms with Crippen molar-refractivity contribution in [3.63, 3.8) is 0 Å². The van der Waals surface area contributed by atoms with E-state index in [0.717, 1.165) is 24.3 Å². The van der Waals surface area contributed by atoms with E-state index in [-0.39, 0.29) is 23.9 Å². The van der Waals surface area contributed by atoms with Crippen LogP contribution in [0.15, 0.2) is 160 Å². The van der Waals surface area contributed by atoms with Crippen molar-refractivity contribution >= 4 is 167 Å². The van der Waals surface area contributed by atoms with Gasteiger partial charge in [-0.25, -0.2) is 4.79 Å². The van der Waals surface area contributed by atoms with Crippen LogP contribution in [0.3, 0.4) is 0 Å². The molecule has 0 radical (unpaired) electrons. The van der Waals surface area contributed by atoms with E-state index in [4.69, 9.17) is 17.3 Å². The third kappa shape index (κ3) is 13.2. The minimum absolute atomic E-state index is 0.224. The molecule has 0 amide bonds. The molecular weight excluding hydrogens is 1380 g/mol. The zero-order chi connectivity index (χ0) is 67.1. The second-order valence-electron chi connectivity index (χ2n) is 17.4. The fourth-order valence-corrected chi connectivity index (χ4v) is 12.8. The van der Waals surface area contributed by atoms with Gasteiger partial charge < -0.3 is 26.2 Å². The number of hydrogen-bond acceptors (Lipinski definition) is 30. The van der Waals surface area contributed by atoms with Crippen LogP contribution in [0.4, 0.5) is 56.9 Å². The number of phenolic OH excluding ortho intramolecular Hbond substituents is 2. The summed E-state index contributed by atoms with van der Waals surface area (Å²) in [4.78, 5) is 12.9. The third-order valence-corrected chi connectivity index (χ3v) is 18.2. The molecule has 7 aromatic carbocycles. The number of benzene rings is 7. The molecule has 0 aliphatic heterocycles. The maximum absolute atomic E-state index is 13.1. The second kappa shape index (κ2) is 23.1. The van der Waals surface area contributed by atoms with E-state index in [9.17, 15) is 126 Å². The van der Waals surface area contributed by atoms with E-state index < -0.39 is 223 Å². The number of aromatic hydroxyl groups is 3. The van der Waals surface area contributed by atoms with Crippen molar-refractivity contribution in [3.8, 4) is 23.1 Å². The Balaban J connectivity index is 1.24. The Bertz CT molecular complexity index is 5520. The fourth-order valence-electron chi connectivity index (χ4n) is 7.94. The van der Waals surface area contributed by atoms with Crippen LogP contribution in [0.5, 0.6) is 17.4 Å². The first kappa shape index (κ1) is 66.4. The molecule has 1 heterocycles. The van der Waals surface area contributed by atoms with Crippen LogP contribution >= 0.6 is 11.6 Å². The third-order valence-electron chi connectivity index (χ3n) is 11.8. The number of carbonyl (C=O) groups is 1. The summed E-state index contributed by atoms with van der Waals surface area (Å²) in [7, 11) is -38.7. The number of anilines is 1. The van der Waals surface area contributed by atoms with Crippen molar-refractivity contribution in [2.75, 3.05) is 5.73 Å². The number of rotatable bonds is 18. The molecule has 0 saturated carbocycles. The van der Waals surface area contributed by atoms with Gasteiger partial charge in [0.05, 0.1) is 37.3 Å². The lowest BCUT2D eigenvalue weighted by atomic mass is 10.0. The van der Waals surface area contributed by atoms with Crippen LogP contribution in [0.25, 0.3) is 27.2 Å². The first-order valence-electron chi connectivity index (χ1n) is 22.5. The SMILES string of the molecule is Nc1c(N=Nc2ccc3c(O)c(/N=N\c4cc(Cl)c(/N=N/c5c(C(=O)O)nn(-c6ccc(S(=O)(=O)O)cc6)c5O)c(S(=O)(=O)O)c4)c(S(=O)(=O)O)cc3c2S(=O)(=O)O)cc(S(=O)(=O)O)c2cc(S(=O)(=O)O)c(/N=N\c3ccc([N+](=O)[O-])cc3S(=O)(=O)O)c(O)c12. The smallest absolute Gasteiger partial charge is 0.358 e. The average molecular weight is 1410 g/mol. The van der Waals surface area contributed by atoms with Gasteiger partial charge in [-0.2, -0.15) is 73.8 Å². The molecule has 0 bridgehead atoms. The van der Waals surface area contributed by atoms with Crippen LogP contribution < -0.4 is 5.73 Å². The van der Waals surface area contributed by atoms with Gasteiger partial charge in [-0.15, -0.1) is 35.8 Å². The lowest BCUT2D eigenvalue weighted by molar-refractivity contribution is -0.385. The Hall–Kier alpha value is -9.60. The number of nitrogen functional groups attached to an aromatic ring is 1. The first-order valence-corrected chi connectivity index (χ1v) is 33.0. The second-order valence-corrected chi connectivity index (χ2v) is 27.6. The minimum Gasteiger partial charge on any atom is -0.505 e. The predicted octanol–water partition coefficient (Wildman–Crippen LogP) is 7.53. The van der Waals surface area contributed by atoms with Crippen LogP contribution in [0, 0.1) is 10.1 Å². The normalized spacial score (nSPS) is 13.2. The lowest BCUT2D eigenvalue weighted by Crippen LogP contribution is -2.04. The van der Waals surface area contributed by atoms with Crippen molar-refractivity contribution < 1.29 is 121 Å². The number of nitrogens with two attached hydrogens (primary N) is 1. The molecule has 0 aliphatic rings. The molecule has 0 atom stereocenters. The van der Waals surface area contributed by atoms with Crippen molar-refractivity contribution in [2.24, 2.45) is 40.9 Å². The molecule has 0 spiro atoms. The number of azo groups is 4. The predicted molar refractivity (Wildman–Crippen MR) is 298 cm³/mol. The van der Waals surface area contributed by atoms with E-state index in [1.54, 1.807) is 0 Å². The number of non-ortho nitro benzene ring substituents is 1. The van der Waals surface area contributed by atoms with Crippen LogP contribution in [-0.4, -0.2) is 132 Å². The molecule has 13 N–H and O–H groups in total. The molecule has 0 fully saturated rings. The Morgan fingerprint density at radius 2 is 0.989 bits per heavy atom. The van der Waals surface area contributed by atoms with Gasteiger partial charge in [0, 0.05) is 28.3 Å². The molecule has 0 saturated heterocycles. The van der Waals surface area contributed by atoms with Gasteiger partial charge >= 0.3 is 5.97 Å². The number of aromatic carboxylic acids is 1. The van der Waals surface area contributed by atoms with E-state index >= 15 is 0 Å². The molecular formula is C42H27ClN12O28S7. The number of hydrogen-bond donors (Lipinski definition) is 12. The summed E-state index contributed by atoms with van der Waals surface area (Å²) in [6, 6.07) is 8.20. The molecule has 8 aromatic rings. The summed E-state index contributed by atoms with van der Waals surface area (Å²) in [6.45, 7) is 0. The number of carboxylic acids is 1. The van der Waals surface area contributed by atoms with Gasteiger partial charge in [0.2, 0.25) is 11.6 Å². The van der Waals surface area contributed by atoms with Gasteiger partial charge in [0.1, 0.15) is 63.5 Å². The van der Waals surface area contributed by atoms with E-state index in [1.807, 2.05) is 0 Å². The number of nitro groups is 1. The number of carboxylic acid groups (broad SMARTS) is 1. The zero-order valence-corrected chi connectivity index (χ0v) is 49.1. The quantitative estimate of drug-likeness (QED) is 0.0130. The molecule has 8 rings (SSSR count). The number of aromatic nitrogens is 2. The van der Waals surface area contributed by atoms with Crippen LogP contribution in [0.2, 0.25) is 5.02 Å². The Morgan fingerprint density at radius 3 is 1.52 bits per heavy atom. The van der Waals surface area contributed by atoms with Gasteiger partial charge in [0.25, 0.3) is 76.5 Å². The molecule has 472 valence electrons. The monoisotopic (exact) mass is 1410 g/mol. The Labute approximate surface area is 504 Å². The maximum atomic E-state index is 13.1. The topological polar surface area (TPSA) is 664 Å². The number of nitro benzene ring substituents is 1. The van der Waals surface area contributed by atoms with Gasteiger partial charge in [-0.1, -0.05) is 11.6 Å². The molecule has 90 heavy (non-hydrogen) atoms. The van der Waals surface area contributed by atoms with Gasteiger partial charge in [0.15, 0.2) is 17.2 Å². The number of phenols is 2. The summed E-state index contributed by atoms with van der Waals surface area (Å²) in [5, 5.41) is 81.8. The number of halogens is 1. The number of nitrogens with zero attached hydrogens (tertiary/aromatic N) is 11. The maximum Gasteiger partial charge on any atom is 0.358 e. The molecule has 0 unspecified atom stereocenters. The fraction of sp³-hybridized carbons (Fsp3) is 0. The van der Waals surface area contributed by atoms with Crippen molar-refractivity contribution in [2.45, 2.75) is 34.3 Å².